The molecule has 3 aromatic rings. The fourth-order valence-electron chi connectivity index (χ4n) is 4.21. The molecule has 1 unspecified atom stereocenters. The maximum Gasteiger partial charge on any atom is 0.332 e. The number of rotatable bonds is 5. The van der Waals surface area contributed by atoms with Gasteiger partial charge in [0.1, 0.15) is 0 Å². The number of nitrogens with zero attached hydrogens (tertiary/aromatic N) is 6. The van der Waals surface area contributed by atoms with Crippen LogP contribution in [0.3, 0.4) is 0 Å². The molecule has 9 heteroatoms. The summed E-state index contributed by atoms with van der Waals surface area (Å²) < 4.78 is 4.63. The van der Waals surface area contributed by atoms with Crippen LogP contribution >= 0.6 is 0 Å². The van der Waals surface area contributed by atoms with E-state index < -0.39 is 5.69 Å². The molecule has 1 fully saturated rings. The van der Waals surface area contributed by atoms with E-state index in [4.69, 9.17) is 10.7 Å². The Kier molecular flexibility index (Phi) is 6.01. The van der Waals surface area contributed by atoms with Crippen molar-refractivity contribution < 1.29 is 0 Å². The van der Waals surface area contributed by atoms with Crippen molar-refractivity contribution in [1.29, 1.82) is 0 Å². The number of aromatic nitrogens is 5. The van der Waals surface area contributed by atoms with Crippen molar-refractivity contribution in [3.8, 4) is 0 Å². The second kappa shape index (κ2) is 8.74. The number of imidazole rings is 1. The molecule has 4 rings (SSSR count). The van der Waals surface area contributed by atoms with Gasteiger partial charge in [0, 0.05) is 38.9 Å². The summed E-state index contributed by atoms with van der Waals surface area (Å²) in [6, 6.07) is 3.83. The van der Waals surface area contributed by atoms with Gasteiger partial charge in [0.2, 0.25) is 5.95 Å². The lowest BCUT2D eigenvalue weighted by Crippen LogP contribution is -2.44. The highest BCUT2D eigenvalue weighted by atomic mass is 16.2. The molecule has 0 spiro atoms. The average Bonchev–Trinajstić information content (AvgIpc) is 3.15. The molecule has 170 valence electrons. The van der Waals surface area contributed by atoms with Crippen LogP contribution in [0.4, 0.5) is 5.95 Å². The Morgan fingerprint density at radius 1 is 1.28 bits per heavy atom. The highest BCUT2D eigenvalue weighted by Crippen LogP contribution is 2.23. The molecule has 0 saturated carbocycles. The van der Waals surface area contributed by atoms with Crippen molar-refractivity contribution in [3.05, 3.63) is 62.1 Å². The minimum atomic E-state index is -0.402. The first kappa shape index (κ1) is 22.0. The van der Waals surface area contributed by atoms with Gasteiger partial charge in [-0.25, -0.2) is 4.79 Å². The van der Waals surface area contributed by atoms with Crippen LogP contribution in [-0.2, 0) is 20.1 Å². The summed E-state index contributed by atoms with van der Waals surface area (Å²) in [5, 5.41) is 0. The van der Waals surface area contributed by atoms with Crippen LogP contribution in [0, 0.1) is 6.92 Å². The van der Waals surface area contributed by atoms with E-state index in [1.165, 1.54) is 9.13 Å². The van der Waals surface area contributed by atoms with Crippen molar-refractivity contribution in [3.63, 3.8) is 0 Å². The molecule has 1 aliphatic heterocycles. The van der Waals surface area contributed by atoms with Gasteiger partial charge in [-0.15, -0.1) is 0 Å². The average molecular weight is 438 g/mol. The van der Waals surface area contributed by atoms with Crippen LogP contribution in [0.15, 0.2) is 39.6 Å². The van der Waals surface area contributed by atoms with Gasteiger partial charge in [-0.3, -0.25) is 18.9 Å². The minimum absolute atomic E-state index is 0.0630. The number of anilines is 1. The lowest BCUT2D eigenvalue weighted by atomic mass is 10.1. The number of allylic oxidation sites excluding steroid dienone is 2. The van der Waals surface area contributed by atoms with E-state index in [0.717, 1.165) is 30.5 Å². The SMILES string of the molecule is CC(C)=CCn1c(N2CCCC(N)C2)nc2c1c(=O)n(Cc1ncccc1C)c(=O)n2C. The van der Waals surface area contributed by atoms with Crippen molar-refractivity contribution in [2.45, 2.75) is 52.7 Å². The Bertz CT molecular complexity index is 1290. The summed E-state index contributed by atoms with van der Waals surface area (Å²) in [6.45, 7) is 8.07. The number of piperidine rings is 1. The predicted molar refractivity (Wildman–Crippen MR) is 126 cm³/mol. The predicted octanol–water partition coefficient (Wildman–Crippen LogP) is 1.54. The fourth-order valence-corrected chi connectivity index (χ4v) is 4.21. The van der Waals surface area contributed by atoms with E-state index in [1.54, 1.807) is 13.2 Å². The van der Waals surface area contributed by atoms with Gasteiger partial charge in [0.05, 0.1) is 12.2 Å². The molecule has 0 bridgehead atoms. The molecule has 0 radical (unpaired) electrons. The number of aryl methyl sites for hydroxylation is 2. The van der Waals surface area contributed by atoms with Crippen molar-refractivity contribution in [2.75, 3.05) is 18.0 Å². The standard InChI is InChI=1S/C23H31N7O2/c1-15(2)9-12-29-19-20(26-22(29)28-11-6-8-17(24)13-28)27(4)23(32)30(21(19)31)14-18-16(3)7-5-10-25-18/h5,7,9-10,17H,6,8,11-14,24H2,1-4H3. The van der Waals surface area contributed by atoms with Gasteiger partial charge < -0.3 is 15.2 Å². The number of nitrogens with two attached hydrogens (primary N) is 1. The molecule has 0 aromatic carbocycles. The third kappa shape index (κ3) is 4.00. The van der Waals surface area contributed by atoms with Crippen LogP contribution in [-0.4, -0.2) is 42.8 Å². The third-order valence-electron chi connectivity index (χ3n) is 6.06. The maximum absolute atomic E-state index is 13.6. The smallest absolute Gasteiger partial charge is 0.332 e. The summed E-state index contributed by atoms with van der Waals surface area (Å²) in [4.78, 5) is 38.1. The lowest BCUT2D eigenvalue weighted by molar-refractivity contribution is 0.495. The second-order valence-corrected chi connectivity index (χ2v) is 8.82. The van der Waals surface area contributed by atoms with Crippen LogP contribution < -0.4 is 21.9 Å². The van der Waals surface area contributed by atoms with Crippen LogP contribution in [0.2, 0.25) is 0 Å². The molecule has 0 aliphatic carbocycles. The molecule has 3 aromatic heterocycles. The number of hydrogen-bond donors (Lipinski definition) is 1. The van der Waals surface area contributed by atoms with Gasteiger partial charge in [-0.1, -0.05) is 17.7 Å². The maximum atomic E-state index is 13.6. The molecular weight excluding hydrogens is 406 g/mol. The van der Waals surface area contributed by atoms with Crippen LogP contribution in [0.5, 0.6) is 0 Å². The third-order valence-corrected chi connectivity index (χ3v) is 6.06. The van der Waals surface area contributed by atoms with Crippen molar-refractivity contribution in [2.24, 2.45) is 12.8 Å². The highest BCUT2D eigenvalue weighted by Gasteiger charge is 2.26. The largest absolute Gasteiger partial charge is 0.341 e. The van der Waals surface area contributed by atoms with Crippen molar-refractivity contribution in [1.82, 2.24) is 23.7 Å². The second-order valence-electron chi connectivity index (χ2n) is 8.82. The van der Waals surface area contributed by atoms with E-state index in [0.29, 0.717) is 35.9 Å². The first-order chi connectivity index (χ1) is 15.3. The zero-order valence-corrected chi connectivity index (χ0v) is 19.2. The number of hydrogen-bond acceptors (Lipinski definition) is 6. The molecule has 2 N–H and O–H groups in total. The molecule has 0 amide bonds. The van der Waals surface area contributed by atoms with Crippen LogP contribution in [0.1, 0.15) is 37.9 Å². The number of fused-ring (bicyclic) bond motifs is 1. The van der Waals surface area contributed by atoms with Gasteiger partial charge >= 0.3 is 5.69 Å². The Balaban J connectivity index is 1.94. The summed E-state index contributed by atoms with van der Waals surface area (Å²) >= 11 is 0. The van der Waals surface area contributed by atoms with E-state index >= 15 is 0 Å². The molecule has 1 atom stereocenters. The molecule has 4 heterocycles. The minimum Gasteiger partial charge on any atom is -0.341 e. The monoisotopic (exact) mass is 437 g/mol. The first-order valence-corrected chi connectivity index (χ1v) is 11.0. The van der Waals surface area contributed by atoms with E-state index in [1.807, 2.05) is 37.5 Å². The normalized spacial score (nSPS) is 16.5. The highest BCUT2D eigenvalue weighted by molar-refractivity contribution is 5.74. The zero-order valence-electron chi connectivity index (χ0n) is 19.2. The summed E-state index contributed by atoms with van der Waals surface area (Å²) in [6.07, 6.45) is 5.67. The summed E-state index contributed by atoms with van der Waals surface area (Å²) in [5.74, 6) is 0.687. The Labute approximate surface area is 186 Å². The zero-order chi connectivity index (χ0) is 23.0. The Hall–Kier alpha value is -3.20. The molecule has 9 nitrogen and oxygen atoms in total. The van der Waals surface area contributed by atoms with Gasteiger partial charge in [-0.05, 0) is 45.2 Å². The molecule has 32 heavy (non-hydrogen) atoms. The van der Waals surface area contributed by atoms with E-state index in [-0.39, 0.29) is 18.1 Å². The van der Waals surface area contributed by atoms with E-state index in [9.17, 15) is 9.59 Å². The molecular formula is C23H31N7O2. The topological polar surface area (TPSA) is 104 Å². The Morgan fingerprint density at radius 2 is 2.06 bits per heavy atom. The van der Waals surface area contributed by atoms with Crippen molar-refractivity contribution >= 4 is 17.1 Å². The first-order valence-electron chi connectivity index (χ1n) is 11.0. The van der Waals surface area contributed by atoms with Crippen LogP contribution in [0.25, 0.3) is 11.2 Å². The Morgan fingerprint density at radius 3 is 2.75 bits per heavy atom. The molecule has 1 saturated heterocycles. The fraction of sp³-hybridized carbons (Fsp3) is 0.478. The van der Waals surface area contributed by atoms with Gasteiger partial charge in [0.25, 0.3) is 5.56 Å². The summed E-state index contributed by atoms with van der Waals surface area (Å²) in [5.41, 5.74) is 9.05. The molecule has 1 aliphatic rings. The van der Waals surface area contributed by atoms with Gasteiger partial charge in [-0.2, -0.15) is 4.98 Å². The summed E-state index contributed by atoms with van der Waals surface area (Å²) in [7, 11) is 1.66. The number of pyridine rings is 1. The van der Waals surface area contributed by atoms with Gasteiger partial charge in [0.15, 0.2) is 11.2 Å². The lowest BCUT2D eigenvalue weighted by Gasteiger charge is -2.31. The quantitative estimate of drug-likeness (QED) is 0.607. The van der Waals surface area contributed by atoms with E-state index in [2.05, 4.69) is 16.0 Å².